The third-order valence-corrected chi connectivity index (χ3v) is 19.6. The monoisotopic (exact) mass is 898 g/mol. The molecule has 65 heavy (non-hydrogen) atoms. The predicted molar refractivity (Wildman–Crippen MR) is 290 cm³/mol. The number of piperidine rings is 1. The predicted octanol–water partition coefficient (Wildman–Crippen LogP) is 20.6. The van der Waals surface area contributed by atoms with Gasteiger partial charge in [-0.25, -0.2) is 0 Å². The molecule has 3 saturated carbocycles. The first-order chi connectivity index (χ1) is 31.7. The summed E-state index contributed by atoms with van der Waals surface area (Å²) in [6.45, 7) is 19.4. The van der Waals surface area contributed by atoms with Crippen LogP contribution in [-0.2, 0) is 0 Å². The highest BCUT2D eigenvalue weighted by atomic mass is 15.1. The fourth-order valence-corrected chi connectivity index (χ4v) is 15.5. The molecule has 1 heteroatoms. The van der Waals surface area contributed by atoms with Gasteiger partial charge in [0.15, 0.2) is 0 Å². The number of hydrogen-bond acceptors (Lipinski definition) is 1. The Labute approximate surface area is 408 Å². The Morgan fingerprint density at radius 2 is 1.18 bits per heavy atom. The van der Waals surface area contributed by atoms with Crippen LogP contribution in [0, 0.1) is 58.2 Å². The maximum Gasteiger partial charge on any atom is 0.000965 e. The highest BCUT2D eigenvalue weighted by Gasteiger charge is 2.59. The third kappa shape index (κ3) is 18.8. The minimum absolute atomic E-state index is 0.523. The minimum Gasteiger partial charge on any atom is -0.303 e. The summed E-state index contributed by atoms with van der Waals surface area (Å²) in [5.74, 6) is 7.65. The van der Waals surface area contributed by atoms with E-state index in [-0.39, 0.29) is 0 Å². The molecule has 1 saturated heterocycles. The summed E-state index contributed by atoms with van der Waals surface area (Å²) in [6.07, 6.45) is 68.8. The number of likely N-dealkylation sites (tertiary alicyclic amines) is 1. The lowest BCUT2D eigenvalue weighted by atomic mass is 9.46. The molecule has 0 aromatic heterocycles. The molecule has 5 rings (SSSR count). The topological polar surface area (TPSA) is 3.24 Å². The van der Waals surface area contributed by atoms with Gasteiger partial charge >= 0.3 is 0 Å². The van der Waals surface area contributed by atoms with E-state index in [0.717, 1.165) is 47.3 Å². The second-order valence-corrected chi connectivity index (χ2v) is 25.1. The maximum atomic E-state index is 2.86. The van der Waals surface area contributed by atoms with E-state index >= 15 is 0 Å². The van der Waals surface area contributed by atoms with Gasteiger partial charge in [-0.3, -0.25) is 0 Å². The lowest BCUT2D eigenvalue weighted by Gasteiger charge is -2.58. The fourth-order valence-electron chi connectivity index (χ4n) is 15.5. The highest BCUT2D eigenvalue weighted by molar-refractivity contribution is 5.25. The van der Waals surface area contributed by atoms with Crippen LogP contribution in [0.5, 0.6) is 0 Å². The molecule has 5 aliphatic rings. The van der Waals surface area contributed by atoms with E-state index in [1.54, 1.807) is 0 Å². The van der Waals surface area contributed by atoms with Crippen molar-refractivity contribution < 1.29 is 0 Å². The molecule has 4 fully saturated rings. The first-order valence-electron chi connectivity index (χ1n) is 30.5. The van der Waals surface area contributed by atoms with Gasteiger partial charge < -0.3 is 4.90 Å². The van der Waals surface area contributed by atoms with Gasteiger partial charge in [0.05, 0.1) is 0 Å². The van der Waals surface area contributed by atoms with Crippen molar-refractivity contribution in [3.63, 3.8) is 0 Å². The van der Waals surface area contributed by atoms with Crippen LogP contribution in [0.1, 0.15) is 292 Å². The van der Waals surface area contributed by atoms with Crippen molar-refractivity contribution >= 4 is 0 Å². The second kappa shape index (κ2) is 31.4. The number of fused-ring (bicyclic) bond motifs is 5. The van der Waals surface area contributed by atoms with Crippen molar-refractivity contribution in [1.82, 2.24) is 4.90 Å². The molecule has 0 radical (unpaired) electrons. The van der Waals surface area contributed by atoms with Crippen LogP contribution >= 0.6 is 0 Å². The van der Waals surface area contributed by atoms with E-state index in [0.29, 0.717) is 10.8 Å². The normalized spacial score (nSPS) is 29.3. The smallest absolute Gasteiger partial charge is 0.000965 e. The van der Waals surface area contributed by atoms with Crippen molar-refractivity contribution in [2.75, 3.05) is 19.6 Å². The van der Waals surface area contributed by atoms with Gasteiger partial charge in [0, 0.05) is 6.54 Å². The molecule has 1 nitrogen and oxygen atoms in total. The Hall–Kier alpha value is -0.820. The van der Waals surface area contributed by atoms with E-state index in [9.17, 15) is 0 Å². The number of rotatable bonds is 35. The zero-order valence-electron chi connectivity index (χ0n) is 45.2. The summed E-state index contributed by atoms with van der Waals surface area (Å²) in [5.41, 5.74) is 3.07. The average Bonchev–Trinajstić information content (AvgIpc) is 3.66. The summed E-state index contributed by atoms with van der Waals surface area (Å²) in [6, 6.07) is 0. The average molecular weight is 899 g/mol. The van der Waals surface area contributed by atoms with E-state index in [1.165, 1.54) is 270 Å². The standard InChI is InChI=1S/C64H115N/c1-7-8-9-10-11-12-13-14-15-16-17-18-19-20-21-22-23-24-25-27-32-40-57(53-65-50-34-30-35-51-65)41-33-29-26-28-31-39-56-46-48-63(5)58(52-56)42-43-59-61-45-44-60(55(4)38-36-37-54(2)3)64(61,6)49-47-62(59)63/h11-12,15-16,42,54-57,59-62H,7-10,13-14,17-41,43-53H2,1-6H3/b12-11-,16-15-/t55-,56?,57?,59?,60?,61?,62?,63+,64-/m1/s1. The van der Waals surface area contributed by atoms with Crippen molar-refractivity contribution in [2.45, 2.75) is 292 Å². The highest BCUT2D eigenvalue weighted by Crippen LogP contribution is 2.67. The van der Waals surface area contributed by atoms with Gasteiger partial charge in [-0.15, -0.1) is 0 Å². The summed E-state index contributed by atoms with van der Waals surface area (Å²) in [4.78, 5) is 2.85. The van der Waals surface area contributed by atoms with E-state index in [4.69, 9.17) is 0 Å². The van der Waals surface area contributed by atoms with Crippen molar-refractivity contribution in [1.29, 1.82) is 0 Å². The summed E-state index contributed by atoms with van der Waals surface area (Å²) >= 11 is 0. The molecular weight excluding hydrogens is 783 g/mol. The number of hydrogen-bond donors (Lipinski definition) is 0. The van der Waals surface area contributed by atoms with Crippen LogP contribution in [0.3, 0.4) is 0 Å². The molecule has 0 N–H and O–H groups in total. The van der Waals surface area contributed by atoms with Gasteiger partial charge in [0.2, 0.25) is 0 Å². The Morgan fingerprint density at radius 1 is 0.585 bits per heavy atom. The van der Waals surface area contributed by atoms with E-state index in [2.05, 4.69) is 76.8 Å². The van der Waals surface area contributed by atoms with Crippen LogP contribution in [0.15, 0.2) is 36.0 Å². The van der Waals surface area contributed by atoms with Crippen molar-refractivity contribution in [3.8, 4) is 0 Å². The lowest BCUT2D eigenvalue weighted by molar-refractivity contribution is -0.0529. The minimum atomic E-state index is 0.523. The molecule has 0 bridgehead atoms. The second-order valence-electron chi connectivity index (χ2n) is 25.1. The number of nitrogens with zero attached hydrogens (tertiary/aromatic N) is 1. The van der Waals surface area contributed by atoms with Crippen LogP contribution in [0.25, 0.3) is 0 Å². The van der Waals surface area contributed by atoms with Gasteiger partial charge in [-0.05, 0) is 187 Å². The SMILES string of the molecule is CCCCC/C=C\CC/C=C\CCCCCCCCCCCCC(CCCCCCCC1CC[C@@]2(C)C(=CCC3C4CCC([C@H](C)CCCC(C)C)[C@@]4(C)CCC32)C1)CN1CCCCC1. The molecule has 4 aliphatic carbocycles. The number of unbranched alkanes of at least 4 members (excludes halogenated alkanes) is 18. The summed E-state index contributed by atoms with van der Waals surface area (Å²) in [5, 5.41) is 0. The van der Waals surface area contributed by atoms with Crippen molar-refractivity contribution in [3.05, 3.63) is 36.0 Å². The molecule has 0 aromatic carbocycles. The van der Waals surface area contributed by atoms with Crippen LogP contribution in [0.2, 0.25) is 0 Å². The van der Waals surface area contributed by atoms with Gasteiger partial charge in [0.25, 0.3) is 0 Å². The zero-order valence-corrected chi connectivity index (χ0v) is 45.2. The van der Waals surface area contributed by atoms with Crippen LogP contribution < -0.4 is 0 Å². The quantitative estimate of drug-likeness (QED) is 0.0453. The summed E-state index contributed by atoms with van der Waals surface area (Å²) in [7, 11) is 0. The first kappa shape index (κ1) is 55.1. The van der Waals surface area contributed by atoms with Gasteiger partial charge in [-0.1, -0.05) is 212 Å². The molecule has 1 heterocycles. The van der Waals surface area contributed by atoms with Gasteiger partial charge in [-0.2, -0.15) is 0 Å². The Kier molecular flexibility index (Phi) is 26.6. The Bertz CT molecular complexity index is 1300. The molecule has 0 amide bonds. The fraction of sp³-hybridized carbons (Fsp3) is 0.906. The lowest BCUT2D eigenvalue weighted by Crippen LogP contribution is -2.50. The van der Waals surface area contributed by atoms with E-state index in [1.807, 2.05) is 5.57 Å². The number of allylic oxidation sites excluding steroid dienone is 6. The molecule has 9 atom stereocenters. The van der Waals surface area contributed by atoms with Crippen molar-refractivity contribution in [2.24, 2.45) is 58.2 Å². The molecule has 1 aliphatic heterocycles. The maximum absolute atomic E-state index is 2.86. The first-order valence-corrected chi connectivity index (χ1v) is 30.5. The molecule has 0 aromatic rings. The Morgan fingerprint density at radius 3 is 1.83 bits per heavy atom. The van der Waals surface area contributed by atoms with Crippen LogP contribution in [0.4, 0.5) is 0 Å². The largest absolute Gasteiger partial charge is 0.303 e. The zero-order chi connectivity index (χ0) is 46.0. The molecule has 6 unspecified atom stereocenters. The summed E-state index contributed by atoms with van der Waals surface area (Å²) < 4.78 is 0. The molecule has 376 valence electrons. The molecule has 0 spiro atoms. The van der Waals surface area contributed by atoms with E-state index < -0.39 is 0 Å². The molecular formula is C64H115N. The van der Waals surface area contributed by atoms with Crippen LogP contribution in [-0.4, -0.2) is 24.5 Å². The Balaban J connectivity index is 0.885. The van der Waals surface area contributed by atoms with Gasteiger partial charge in [0.1, 0.15) is 0 Å². The third-order valence-electron chi connectivity index (χ3n) is 19.6.